The second kappa shape index (κ2) is 6.02. The number of ether oxygens (including phenoxy) is 1. The SMILES string of the molecule is COc1ccc(C(=O)c2ccccc2)c(NC(C)=O)c1. The van der Waals surface area contributed by atoms with E-state index >= 15 is 0 Å². The van der Waals surface area contributed by atoms with E-state index in [-0.39, 0.29) is 11.7 Å². The van der Waals surface area contributed by atoms with Gasteiger partial charge in [-0.25, -0.2) is 0 Å². The molecule has 0 aliphatic heterocycles. The standard InChI is InChI=1S/C16H15NO3/c1-11(18)17-15-10-13(20-2)8-9-14(15)16(19)12-6-4-3-5-7-12/h3-10H,1-2H3,(H,17,18). The van der Waals surface area contributed by atoms with Gasteiger partial charge in [-0.15, -0.1) is 0 Å². The number of anilines is 1. The Kier molecular flexibility index (Phi) is 4.15. The van der Waals surface area contributed by atoms with Gasteiger partial charge < -0.3 is 10.1 Å². The van der Waals surface area contributed by atoms with Crippen LogP contribution < -0.4 is 10.1 Å². The van der Waals surface area contributed by atoms with Gasteiger partial charge in [-0.2, -0.15) is 0 Å². The number of hydrogen-bond donors (Lipinski definition) is 1. The van der Waals surface area contributed by atoms with Crippen LogP contribution in [0.3, 0.4) is 0 Å². The highest BCUT2D eigenvalue weighted by atomic mass is 16.5. The van der Waals surface area contributed by atoms with Crippen molar-refractivity contribution in [2.24, 2.45) is 0 Å². The van der Waals surface area contributed by atoms with Gasteiger partial charge in [0, 0.05) is 24.1 Å². The lowest BCUT2D eigenvalue weighted by atomic mass is 10.0. The number of benzene rings is 2. The highest BCUT2D eigenvalue weighted by Crippen LogP contribution is 2.25. The molecule has 0 atom stereocenters. The van der Waals surface area contributed by atoms with Crippen LogP contribution in [0.25, 0.3) is 0 Å². The maximum Gasteiger partial charge on any atom is 0.221 e. The molecule has 102 valence electrons. The van der Waals surface area contributed by atoms with Crippen LogP contribution >= 0.6 is 0 Å². The molecule has 0 saturated heterocycles. The second-order valence-electron chi connectivity index (χ2n) is 4.29. The van der Waals surface area contributed by atoms with E-state index in [1.54, 1.807) is 42.5 Å². The average Bonchev–Trinajstić information content (AvgIpc) is 2.46. The lowest BCUT2D eigenvalue weighted by Gasteiger charge is -2.11. The first-order valence-corrected chi connectivity index (χ1v) is 6.17. The molecular formula is C16H15NO3. The normalized spacial score (nSPS) is 9.90. The van der Waals surface area contributed by atoms with Gasteiger partial charge in [0.15, 0.2) is 5.78 Å². The van der Waals surface area contributed by atoms with E-state index in [2.05, 4.69) is 5.32 Å². The van der Waals surface area contributed by atoms with E-state index in [9.17, 15) is 9.59 Å². The molecular weight excluding hydrogens is 254 g/mol. The highest BCUT2D eigenvalue weighted by Gasteiger charge is 2.15. The van der Waals surface area contributed by atoms with Crippen molar-refractivity contribution in [1.82, 2.24) is 0 Å². The van der Waals surface area contributed by atoms with E-state index < -0.39 is 0 Å². The van der Waals surface area contributed by atoms with E-state index in [0.717, 1.165) is 0 Å². The predicted octanol–water partition coefficient (Wildman–Crippen LogP) is 2.88. The first-order chi connectivity index (χ1) is 9.61. The summed E-state index contributed by atoms with van der Waals surface area (Å²) in [7, 11) is 1.53. The van der Waals surface area contributed by atoms with E-state index in [4.69, 9.17) is 4.74 Å². The monoisotopic (exact) mass is 269 g/mol. The topological polar surface area (TPSA) is 55.4 Å². The van der Waals surface area contributed by atoms with Crippen molar-refractivity contribution in [3.05, 3.63) is 59.7 Å². The molecule has 0 aromatic heterocycles. The number of carbonyl (C=O) groups excluding carboxylic acids is 2. The molecule has 2 aromatic rings. The molecule has 0 saturated carbocycles. The summed E-state index contributed by atoms with van der Waals surface area (Å²) in [5.74, 6) is 0.204. The zero-order valence-corrected chi connectivity index (χ0v) is 11.3. The minimum atomic E-state index is -0.236. The summed E-state index contributed by atoms with van der Waals surface area (Å²) in [5, 5.41) is 2.66. The number of methoxy groups -OCH3 is 1. The second-order valence-corrected chi connectivity index (χ2v) is 4.29. The molecule has 0 aliphatic rings. The summed E-state index contributed by atoms with van der Waals surface area (Å²) in [6, 6.07) is 13.9. The number of nitrogens with one attached hydrogen (secondary N) is 1. The molecule has 1 N–H and O–H groups in total. The number of hydrogen-bond acceptors (Lipinski definition) is 3. The Hall–Kier alpha value is -2.62. The molecule has 4 nitrogen and oxygen atoms in total. The van der Waals surface area contributed by atoms with Crippen molar-refractivity contribution >= 4 is 17.4 Å². The molecule has 4 heteroatoms. The Bertz CT molecular complexity index is 635. The Balaban J connectivity index is 2.44. The van der Waals surface area contributed by atoms with E-state index in [1.807, 2.05) is 6.07 Å². The number of amides is 1. The van der Waals surface area contributed by atoms with E-state index in [1.165, 1.54) is 14.0 Å². The molecule has 0 fully saturated rings. The zero-order chi connectivity index (χ0) is 14.5. The lowest BCUT2D eigenvalue weighted by molar-refractivity contribution is -0.114. The molecule has 1 amide bonds. The Morgan fingerprint density at radius 1 is 1.05 bits per heavy atom. The van der Waals surface area contributed by atoms with Crippen molar-refractivity contribution < 1.29 is 14.3 Å². The fraction of sp³-hybridized carbons (Fsp3) is 0.125. The maximum atomic E-state index is 12.5. The minimum Gasteiger partial charge on any atom is -0.497 e. The van der Waals surface area contributed by atoms with Crippen LogP contribution in [0.2, 0.25) is 0 Å². The molecule has 2 aromatic carbocycles. The molecule has 20 heavy (non-hydrogen) atoms. The minimum absolute atomic E-state index is 0.142. The number of ketones is 1. The largest absolute Gasteiger partial charge is 0.497 e. The van der Waals surface area contributed by atoms with Gasteiger partial charge in [0.1, 0.15) is 5.75 Å². The van der Waals surface area contributed by atoms with Gasteiger partial charge in [0.05, 0.1) is 12.8 Å². The van der Waals surface area contributed by atoms with Crippen LogP contribution in [-0.2, 0) is 4.79 Å². The lowest BCUT2D eigenvalue weighted by Crippen LogP contribution is -2.12. The summed E-state index contributed by atoms with van der Waals surface area (Å²) in [6.07, 6.45) is 0. The molecule has 0 aliphatic carbocycles. The van der Waals surface area contributed by atoms with Crippen LogP contribution in [0.1, 0.15) is 22.8 Å². The average molecular weight is 269 g/mol. The molecule has 0 heterocycles. The van der Waals surface area contributed by atoms with Crippen molar-refractivity contribution in [1.29, 1.82) is 0 Å². The smallest absolute Gasteiger partial charge is 0.221 e. The van der Waals surface area contributed by atoms with Gasteiger partial charge in [-0.05, 0) is 12.1 Å². The van der Waals surface area contributed by atoms with Crippen molar-refractivity contribution in [3.63, 3.8) is 0 Å². The zero-order valence-electron chi connectivity index (χ0n) is 11.3. The first kappa shape index (κ1) is 13.8. The third-order valence-corrected chi connectivity index (χ3v) is 2.82. The maximum absolute atomic E-state index is 12.5. The summed E-state index contributed by atoms with van der Waals surface area (Å²) in [5.41, 5.74) is 1.46. The van der Waals surface area contributed by atoms with Crippen LogP contribution in [0.4, 0.5) is 5.69 Å². The van der Waals surface area contributed by atoms with Crippen LogP contribution in [0.15, 0.2) is 48.5 Å². The third kappa shape index (κ3) is 3.03. The van der Waals surface area contributed by atoms with Gasteiger partial charge in [0.25, 0.3) is 0 Å². The summed E-state index contributed by atoms with van der Waals surface area (Å²) in [6.45, 7) is 1.40. The Morgan fingerprint density at radius 2 is 1.75 bits per heavy atom. The molecule has 2 rings (SSSR count). The van der Waals surface area contributed by atoms with Crippen molar-refractivity contribution in [2.75, 3.05) is 12.4 Å². The fourth-order valence-electron chi connectivity index (χ4n) is 1.89. The number of rotatable bonds is 4. The Labute approximate surface area is 117 Å². The predicted molar refractivity (Wildman–Crippen MR) is 77.2 cm³/mol. The van der Waals surface area contributed by atoms with Gasteiger partial charge >= 0.3 is 0 Å². The Morgan fingerprint density at radius 3 is 2.35 bits per heavy atom. The summed E-state index contributed by atoms with van der Waals surface area (Å²) in [4.78, 5) is 23.7. The van der Waals surface area contributed by atoms with Crippen molar-refractivity contribution in [3.8, 4) is 5.75 Å². The van der Waals surface area contributed by atoms with E-state index in [0.29, 0.717) is 22.6 Å². The summed E-state index contributed by atoms with van der Waals surface area (Å²) < 4.78 is 5.11. The van der Waals surface area contributed by atoms with Crippen LogP contribution in [-0.4, -0.2) is 18.8 Å². The number of carbonyl (C=O) groups is 2. The van der Waals surface area contributed by atoms with Crippen LogP contribution in [0, 0.1) is 0 Å². The molecule has 0 radical (unpaired) electrons. The fourth-order valence-corrected chi connectivity index (χ4v) is 1.89. The quantitative estimate of drug-likeness (QED) is 0.868. The molecule has 0 bridgehead atoms. The molecule has 0 unspecified atom stereocenters. The van der Waals surface area contributed by atoms with Gasteiger partial charge in [-0.1, -0.05) is 30.3 Å². The van der Waals surface area contributed by atoms with Crippen molar-refractivity contribution in [2.45, 2.75) is 6.92 Å². The summed E-state index contributed by atoms with van der Waals surface area (Å²) >= 11 is 0. The first-order valence-electron chi connectivity index (χ1n) is 6.17. The van der Waals surface area contributed by atoms with Gasteiger partial charge in [0.2, 0.25) is 5.91 Å². The third-order valence-electron chi connectivity index (χ3n) is 2.82. The highest BCUT2D eigenvalue weighted by molar-refractivity contribution is 6.13. The molecule has 0 spiro atoms. The van der Waals surface area contributed by atoms with Gasteiger partial charge in [-0.3, -0.25) is 9.59 Å². The van der Waals surface area contributed by atoms with Crippen LogP contribution in [0.5, 0.6) is 5.75 Å².